The van der Waals surface area contributed by atoms with Gasteiger partial charge in [-0.15, -0.1) is 0 Å². The van der Waals surface area contributed by atoms with Crippen LogP contribution < -0.4 is 0 Å². The second-order valence-electron chi connectivity index (χ2n) is 4.53. The maximum atomic E-state index is 12.7. The van der Waals surface area contributed by atoms with Crippen LogP contribution in [0, 0.1) is 0 Å². The van der Waals surface area contributed by atoms with Crippen LogP contribution in [0.5, 0.6) is 0 Å². The van der Waals surface area contributed by atoms with Crippen LogP contribution in [0.2, 0.25) is 0 Å². The zero-order valence-electron chi connectivity index (χ0n) is 11.2. The maximum absolute atomic E-state index is 12.7. The summed E-state index contributed by atoms with van der Waals surface area (Å²) in [5.74, 6) is 0.114. The molecular weight excluding hydrogens is 326 g/mol. The van der Waals surface area contributed by atoms with Crippen molar-refractivity contribution >= 4 is 18.4 Å². The first-order valence-electron chi connectivity index (χ1n) is 6.12. The van der Waals surface area contributed by atoms with Gasteiger partial charge in [0.15, 0.2) is 12.0 Å². The Morgan fingerprint density at radius 1 is 0.783 bits per heavy atom. The molecule has 0 radical (unpaired) electrons. The highest BCUT2D eigenvalue weighted by molar-refractivity contribution is 5.73. The van der Waals surface area contributed by atoms with Crippen LogP contribution in [0.4, 0.5) is 26.3 Å². The van der Waals surface area contributed by atoms with Crippen LogP contribution in [0.25, 0.3) is 12.2 Å². The van der Waals surface area contributed by atoms with E-state index in [1.165, 1.54) is 18.2 Å². The molecule has 0 aliphatic rings. The highest BCUT2D eigenvalue weighted by atomic mass is 19.4. The molecule has 2 rings (SSSR count). The fourth-order valence-electron chi connectivity index (χ4n) is 1.77. The molecule has 0 spiro atoms. The fourth-order valence-corrected chi connectivity index (χ4v) is 1.77. The summed E-state index contributed by atoms with van der Waals surface area (Å²) in [5.41, 5.74) is -3.10. The van der Waals surface area contributed by atoms with Crippen molar-refractivity contribution in [1.82, 2.24) is 0 Å². The first-order valence-corrected chi connectivity index (χ1v) is 6.12. The van der Waals surface area contributed by atoms with Crippen molar-refractivity contribution in [3.05, 3.63) is 58.5 Å². The molecule has 0 saturated carbocycles. The summed E-state index contributed by atoms with van der Waals surface area (Å²) in [6, 6.07) is 3.91. The summed E-state index contributed by atoms with van der Waals surface area (Å²) >= 11 is 0. The maximum Gasteiger partial charge on any atom is 0.416 e. The van der Waals surface area contributed by atoms with E-state index in [4.69, 9.17) is 4.42 Å². The number of carbonyl (C=O) groups is 1. The van der Waals surface area contributed by atoms with Crippen LogP contribution in [0.3, 0.4) is 0 Å². The van der Waals surface area contributed by atoms with Crippen molar-refractivity contribution in [3.63, 3.8) is 0 Å². The first kappa shape index (κ1) is 16.9. The number of halogens is 6. The third-order valence-electron chi connectivity index (χ3n) is 2.81. The minimum atomic E-state index is -4.90. The van der Waals surface area contributed by atoms with Crippen molar-refractivity contribution < 1.29 is 35.6 Å². The number of hydrogen-bond donors (Lipinski definition) is 0. The smallest absolute Gasteiger partial charge is 0.416 e. The van der Waals surface area contributed by atoms with Gasteiger partial charge in [-0.1, -0.05) is 6.08 Å². The Morgan fingerprint density at radius 3 is 1.74 bits per heavy atom. The Labute approximate surface area is 126 Å². The zero-order valence-corrected chi connectivity index (χ0v) is 11.2. The van der Waals surface area contributed by atoms with E-state index >= 15 is 0 Å². The average molecular weight is 334 g/mol. The SMILES string of the molecule is O=Cc1ccc(/C=C/c2cc(C(F)(F)F)cc(C(F)(F)F)c2)o1. The van der Waals surface area contributed by atoms with Crippen molar-refractivity contribution in [1.29, 1.82) is 0 Å². The summed E-state index contributed by atoms with van der Waals surface area (Å²) in [6.07, 6.45) is -7.18. The minimum absolute atomic E-state index is 0.00956. The quantitative estimate of drug-likeness (QED) is 0.563. The summed E-state index contributed by atoms with van der Waals surface area (Å²) in [5, 5.41) is 0. The molecule has 0 N–H and O–H groups in total. The largest absolute Gasteiger partial charge is 0.454 e. The van der Waals surface area contributed by atoms with E-state index in [2.05, 4.69) is 0 Å². The third-order valence-corrected chi connectivity index (χ3v) is 2.81. The lowest BCUT2D eigenvalue weighted by atomic mass is 10.0. The van der Waals surface area contributed by atoms with Gasteiger partial charge in [0.25, 0.3) is 0 Å². The number of benzene rings is 1. The Hall–Kier alpha value is -2.51. The molecular formula is C15H8F6O2. The van der Waals surface area contributed by atoms with E-state index in [1.54, 1.807) is 0 Å². The van der Waals surface area contributed by atoms with E-state index in [0.29, 0.717) is 18.4 Å². The third kappa shape index (κ3) is 4.24. The molecule has 0 fully saturated rings. The van der Waals surface area contributed by atoms with Crippen molar-refractivity contribution in [2.75, 3.05) is 0 Å². The lowest BCUT2D eigenvalue weighted by molar-refractivity contribution is -0.143. The highest BCUT2D eigenvalue weighted by Crippen LogP contribution is 2.36. The van der Waals surface area contributed by atoms with E-state index in [0.717, 1.165) is 6.08 Å². The van der Waals surface area contributed by atoms with Crippen LogP contribution in [-0.2, 0) is 12.4 Å². The monoisotopic (exact) mass is 334 g/mol. The number of hydrogen-bond acceptors (Lipinski definition) is 2. The normalized spacial score (nSPS) is 12.8. The Kier molecular flexibility index (Phi) is 4.35. The van der Waals surface area contributed by atoms with Gasteiger partial charge < -0.3 is 4.42 Å². The van der Waals surface area contributed by atoms with E-state index < -0.39 is 23.5 Å². The van der Waals surface area contributed by atoms with Crippen LogP contribution in [0.15, 0.2) is 34.7 Å². The molecule has 122 valence electrons. The molecule has 0 aliphatic carbocycles. The summed E-state index contributed by atoms with van der Waals surface area (Å²) in [6.45, 7) is 0. The van der Waals surface area contributed by atoms with E-state index in [1.807, 2.05) is 0 Å². The molecule has 0 bridgehead atoms. The lowest BCUT2D eigenvalue weighted by Crippen LogP contribution is -2.11. The van der Waals surface area contributed by atoms with Crippen molar-refractivity contribution in [3.8, 4) is 0 Å². The van der Waals surface area contributed by atoms with Crippen molar-refractivity contribution in [2.24, 2.45) is 0 Å². The zero-order chi connectivity index (χ0) is 17.3. The predicted octanol–water partition coefficient (Wildman–Crippen LogP) is 5.30. The van der Waals surface area contributed by atoms with Gasteiger partial charge in [0, 0.05) is 0 Å². The summed E-state index contributed by atoms with van der Waals surface area (Å²) in [4.78, 5) is 10.4. The lowest BCUT2D eigenvalue weighted by Gasteiger charge is -2.12. The number of furan rings is 1. The van der Waals surface area contributed by atoms with Crippen LogP contribution in [0.1, 0.15) is 33.0 Å². The van der Waals surface area contributed by atoms with Gasteiger partial charge in [-0.2, -0.15) is 26.3 Å². The molecule has 2 nitrogen and oxygen atoms in total. The molecule has 0 saturated heterocycles. The molecule has 0 aliphatic heterocycles. The average Bonchev–Trinajstić information content (AvgIpc) is 2.91. The van der Waals surface area contributed by atoms with Gasteiger partial charge in [0.1, 0.15) is 5.76 Å². The second-order valence-corrected chi connectivity index (χ2v) is 4.53. The topological polar surface area (TPSA) is 30.2 Å². The molecule has 1 aromatic carbocycles. The predicted molar refractivity (Wildman–Crippen MR) is 69.5 cm³/mol. The van der Waals surface area contributed by atoms with E-state index in [9.17, 15) is 31.1 Å². The Bertz CT molecular complexity index is 705. The van der Waals surface area contributed by atoms with Crippen molar-refractivity contribution in [2.45, 2.75) is 12.4 Å². The second kappa shape index (κ2) is 5.94. The highest BCUT2D eigenvalue weighted by Gasteiger charge is 2.36. The molecule has 1 aromatic heterocycles. The first-order chi connectivity index (χ1) is 10.6. The Balaban J connectivity index is 2.42. The van der Waals surface area contributed by atoms with Gasteiger partial charge in [-0.3, -0.25) is 4.79 Å². The standard InChI is InChI=1S/C15H8F6O2/c16-14(17,18)10-5-9(6-11(7-10)15(19,20)21)1-2-12-3-4-13(8-22)23-12/h1-8H/b2-1+. The van der Waals surface area contributed by atoms with Crippen LogP contribution >= 0.6 is 0 Å². The van der Waals surface area contributed by atoms with Gasteiger partial charge in [-0.05, 0) is 42.0 Å². The molecule has 8 heteroatoms. The summed E-state index contributed by atoms with van der Waals surface area (Å²) in [7, 11) is 0. The number of rotatable bonds is 3. The molecule has 1 heterocycles. The Morgan fingerprint density at radius 2 is 1.30 bits per heavy atom. The molecule has 2 aromatic rings. The fraction of sp³-hybridized carbons (Fsp3) is 0.133. The van der Waals surface area contributed by atoms with Gasteiger partial charge in [0.2, 0.25) is 0 Å². The van der Waals surface area contributed by atoms with Gasteiger partial charge in [0.05, 0.1) is 11.1 Å². The molecule has 0 unspecified atom stereocenters. The van der Waals surface area contributed by atoms with Gasteiger partial charge >= 0.3 is 12.4 Å². The summed E-state index contributed by atoms with van der Waals surface area (Å²) < 4.78 is 81.1. The number of alkyl halides is 6. The molecule has 0 amide bonds. The van der Waals surface area contributed by atoms with Crippen LogP contribution in [-0.4, -0.2) is 6.29 Å². The van der Waals surface area contributed by atoms with Gasteiger partial charge in [-0.25, -0.2) is 0 Å². The minimum Gasteiger partial charge on any atom is -0.454 e. The molecule has 23 heavy (non-hydrogen) atoms. The van der Waals surface area contributed by atoms with E-state index in [-0.39, 0.29) is 23.2 Å². The number of carbonyl (C=O) groups excluding carboxylic acids is 1. The number of aldehydes is 1. The molecule has 0 atom stereocenters.